The van der Waals surface area contributed by atoms with Gasteiger partial charge in [-0.05, 0) is 43.2 Å². The number of nitro benzene ring substituents is 1. The maximum absolute atomic E-state index is 13.2. The number of rotatable bonds is 13. The first kappa shape index (κ1) is 32.0. The van der Waals surface area contributed by atoms with Gasteiger partial charge < -0.3 is 0 Å². The van der Waals surface area contributed by atoms with Crippen LogP contribution in [0.4, 0.5) is 32.0 Å². The van der Waals surface area contributed by atoms with Crippen LogP contribution in [0.2, 0.25) is 0 Å². The first-order valence-electron chi connectivity index (χ1n) is 10.6. The van der Waals surface area contributed by atoms with Crippen LogP contribution < -0.4 is 9.44 Å². The Labute approximate surface area is 204 Å². The number of non-ortho nitro benzene ring substituents is 1. The van der Waals surface area contributed by atoms with E-state index in [1.807, 2.05) is 0 Å². The van der Waals surface area contributed by atoms with E-state index in [2.05, 4.69) is 4.72 Å². The summed E-state index contributed by atoms with van der Waals surface area (Å²) in [5, 5.41) is 10.7. The van der Waals surface area contributed by atoms with Gasteiger partial charge in [0.05, 0.1) is 9.82 Å². The third-order valence-corrected chi connectivity index (χ3v) is 8.07. The van der Waals surface area contributed by atoms with Crippen molar-refractivity contribution in [3.05, 3.63) is 34.4 Å². The van der Waals surface area contributed by atoms with Crippen molar-refractivity contribution in [3.63, 3.8) is 0 Å². The molecule has 36 heavy (non-hydrogen) atoms. The quantitative estimate of drug-likeness (QED) is 0.204. The first-order valence-corrected chi connectivity index (χ1v) is 13.6. The van der Waals surface area contributed by atoms with E-state index < -0.39 is 79.8 Å². The van der Waals surface area contributed by atoms with Gasteiger partial charge in [-0.2, -0.15) is 26.3 Å². The van der Waals surface area contributed by atoms with Gasteiger partial charge in [0.25, 0.3) is 5.69 Å². The highest BCUT2D eigenvalue weighted by Gasteiger charge is 2.47. The molecule has 0 aliphatic heterocycles. The lowest BCUT2D eigenvalue weighted by Crippen LogP contribution is -2.46. The van der Waals surface area contributed by atoms with Crippen molar-refractivity contribution in [2.24, 2.45) is 11.8 Å². The Morgan fingerprint density at radius 2 is 1.47 bits per heavy atom. The maximum atomic E-state index is 13.2. The molecule has 208 valence electrons. The van der Waals surface area contributed by atoms with E-state index in [4.69, 9.17) is 0 Å². The minimum atomic E-state index is -5.83. The maximum Gasteiger partial charge on any atom is 0.511 e. The monoisotopic (exact) mass is 571 g/mol. The molecule has 0 aliphatic rings. The minimum absolute atomic E-state index is 0.00118. The third kappa shape index (κ3) is 9.82. The first-order chi connectivity index (χ1) is 16.2. The number of sulfonamides is 2. The molecule has 1 unspecified atom stereocenters. The fourth-order valence-corrected chi connectivity index (χ4v) is 5.64. The molecule has 0 bridgehead atoms. The molecule has 1 aromatic carbocycles. The molecule has 0 amide bonds. The summed E-state index contributed by atoms with van der Waals surface area (Å²) in [6.07, 6.45) is -7.34. The second-order valence-corrected chi connectivity index (χ2v) is 12.0. The van der Waals surface area contributed by atoms with Crippen LogP contribution in [0.25, 0.3) is 0 Å². The SMILES string of the molecule is CC[C@@H](C[C@@H](CC(NS(=O)(=O)C(F)(F)F)C(C)C)CC(F)(F)F)NS(=O)(=O)c1ccc([N+](=O)[O-])cc1. The smallest absolute Gasteiger partial charge is 0.258 e. The predicted molar refractivity (Wildman–Crippen MR) is 118 cm³/mol. The van der Waals surface area contributed by atoms with Crippen molar-refractivity contribution in [1.29, 1.82) is 0 Å². The van der Waals surface area contributed by atoms with Crippen LogP contribution >= 0.6 is 0 Å². The van der Waals surface area contributed by atoms with Gasteiger partial charge in [0.2, 0.25) is 10.0 Å². The van der Waals surface area contributed by atoms with Crippen molar-refractivity contribution in [2.45, 2.75) is 75.1 Å². The van der Waals surface area contributed by atoms with Crippen molar-refractivity contribution in [1.82, 2.24) is 9.44 Å². The molecule has 0 radical (unpaired) electrons. The topological polar surface area (TPSA) is 135 Å². The molecule has 1 rings (SSSR count). The van der Waals surface area contributed by atoms with Gasteiger partial charge >= 0.3 is 21.7 Å². The van der Waals surface area contributed by atoms with Crippen LogP contribution in [0.3, 0.4) is 0 Å². The Kier molecular flexibility index (Phi) is 10.7. The van der Waals surface area contributed by atoms with E-state index >= 15 is 0 Å². The molecule has 0 heterocycles. The molecule has 2 N–H and O–H groups in total. The highest BCUT2D eigenvalue weighted by Crippen LogP contribution is 2.33. The molecule has 17 heteroatoms. The number of halogens is 6. The van der Waals surface area contributed by atoms with Gasteiger partial charge in [-0.1, -0.05) is 20.8 Å². The lowest BCUT2D eigenvalue weighted by molar-refractivity contribution is -0.384. The molecular formula is C19H27F6N3O6S2. The average molecular weight is 572 g/mol. The van der Waals surface area contributed by atoms with Crippen LogP contribution in [0.15, 0.2) is 29.2 Å². The molecule has 0 spiro atoms. The zero-order chi connectivity index (χ0) is 28.1. The summed E-state index contributed by atoms with van der Waals surface area (Å²) in [5.74, 6) is -2.24. The fraction of sp³-hybridized carbons (Fsp3) is 0.684. The molecule has 1 aromatic rings. The number of hydrogen-bond donors (Lipinski definition) is 2. The number of hydrogen-bond acceptors (Lipinski definition) is 6. The summed E-state index contributed by atoms with van der Waals surface area (Å²) in [5.41, 5.74) is -6.04. The summed E-state index contributed by atoms with van der Waals surface area (Å²) in [4.78, 5) is 9.61. The average Bonchev–Trinajstić information content (AvgIpc) is 2.70. The van der Waals surface area contributed by atoms with Crippen molar-refractivity contribution < 1.29 is 48.1 Å². The Balaban J connectivity index is 3.16. The second kappa shape index (κ2) is 12.0. The van der Waals surface area contributed by atoms with Gasteiger partial charge in [-0.25, -0.2) is 26.3 Å². The lowest BCUT2D eigenvalue weighted by atomic mass is 9.86. The largest absolute Gasteiger partial charge is 0.511 e. The van der Waals surface area contributed by atoms with Crippen LogP contribution in [-0.2, 0) is 20.0 Å². The molecule has 3 atom stereocenters. The van der Waals surface area contributed by atoms with E-state index in [1.54, 1.807) is 0 Å². The van der Waals surface area contributed by atoms with E-state index in [-0.39, 0.29) is 17.0 Å². The predicted octanol–water partition coefficient (Wildman–Crippen LogP) is 4.46. The Hall–Kier alpha value is -1.98. The Morgan fingerprint density at radius 1 is 0.944 bits per heavy atom. The Bertz CT molecular complexity index is 1090. The van der Waals surface area contributed by atoms with Gasteiger partial charge in [0, 0.05) is 30.6 Å². The van der Waals surface area contributed by atoms with Crippen molar-refractivity contribution in [3.8, 4) is 0 Å². The highest BCUT2D eigenvalue weighted by molar-refractivity contribution is 7.90. The number of nitrogens with zero attached hydrogens (tertiary/aromatic N) is 1. The van der Waals surface area contributed by atoms with Crippen LogP contribution in [0, 0.1) is 22.0 Å². The van der Waals surface area contributed by atoms with Gasteiger partial charge in [-0.15, -0.1) is 0 Å². The zero-order valence-electron chi connectivity index (χ0n) is 19.4. The van der Waals surface area contributed by atoms with Crippen molar-refractivity contribution in [2.75, 3.05) is 0 Å². The fourth-order valence-electron chi connectivity index (χ4n) is 3.41. The number of benzene rings is 1. The summed E-state index contributed by atoms with van der Waals surface area (Å²) in [6, 6.07) is 1.16. The lowest BCUT2D eigenvalue weighted by Gasteiger charge is -2.30. The summed E-state index contributed by atoms with van der Waals surface area (Å²) < 4.78 is 130. The number of alkyl halides is 6. The molecule has 0 aliphatic carbocycles. The molecule has 0 fully saturated rings. The van der Waals surface area contributed by atoms with E-state index in [9.17, 15) is 53.3 Å². The van der Waals surface area contributed by atoms with Crippen molar-refractivity contribution >= 4 is 25.7 Å². The van der Waals surface area contributed by atoms with E-state index in [0.717, 1.165) is 24.3 Å². The van der Waals surface area contributed by atoms with E-state index in [1.165, 1.54) is 25.5 Å². The molecule has 0 aromatic heterocycles. The van der Waals surface area contributed by atoms with Gasteiger partial charge in [0.1, 0.15) is 0 Å². The standard InChI is InChI=1S/C19H27F6N3O6S2/c1-4-14(26-35(31,32)16-7-5-15(6-8-16)28(29)30)9-13(11-18(20,21)22)10-17(12(2)3)27-36(33,34)19(23,24)25/h5-8,12-14,17,26-27H,4,9-11H2,1-3H3/t13-,14-,17?/m0/s1. The normalized spacial score (nSPS) is 16.1. The van der Waals surface area contributed by atoms with Gasteiger partial charge in [0.15, 0.2) is 0 Å². The second-order valence-electron chi connectivity index (χ2n) is 8.55. The van der Waals surface area contributed by atoms with Gasteiger partial charge in [-0.3, -0.25) is 10.1 Å². The van der Waals surface area contributed by atoms with E-state index in [0.29, 0.717) is 0 Å². The molecule has 9 nitrogen and oxygen atoms in total. The highest BCUT2D eigenvalue weighted by atomic mass is 32.2. The summed E-state index contributed by atoms with van der Waals surface area (Å²) in [6.45, 7) is 4.14. The zero-order valence-corrected chi connectivity index (χ0v) is 21.1. The minimum Gasteiger partial charge on any atom is -0.258 e. The molecular weight excluding hydrogens is 544 g/mol. The van der Waals surface area contributed by atoms with Crippen LogP contribution in [0.1, 0.15) is 46.5 Å². The third-order valence-electron chi connectivity index (χ3n) is 5.31. The van der Waals surface area contributed by atoms with Crippen LogP contribution in [-0.4, -0.2) is 45.5 Å². The molecule has 0 saturated carbocycles. The molecule has 0 saturated heterocycles. The Morgan fingerprint density at radius 3 is 1.86 bits per heavy atom. The van der Waals surface area contributed by atoms with Crippen LogP contribution in [0.5, 0.6) is 0 Å². The number of nitro groups is 1. The number of nitrogens with one attached hydrogen (secondary N) is 2. The summed E-state index contributed by atoms with van der Waals surface area (Å²) >= 11 is 0. The summed E-state index contributed by atoms with van der Waals surface area (Å²) in [7, 11) is -10.1.